The van der Waals surface area contributed by atoms with E-state index in [2.05, 4.69) is 21.7 Å². The number of aliphatic carboxylic acids is 1. The maximum Gasteiger partial charge on any atom is 0.490 e. The predicted molar refractivity (Wildman–Crippen MR) is 136 cm³/mol. The molecule has 0 atom stereocenters. The molecule has 0 amide bonds. The van der Waals surface area contributed by atoms with E-state index in [0.717, 1.165) is 29.9 Å². The fourth-order valence-electron chi connectivity index (χ4n) is 3.36. The van der Waals surface area contributed by atoms with Crippen LogP contribution in [0.1, 0.15) is 40.7 Å². The topological polar surface area (TPSA) is 155 Å². The van der Waals surface area contributed by atoms with Gasteiger partial charge in [-0.25, -0.2) is 23.0 Å². The molecule has 0 saturated carbocycles. The largest absolute Gasteiger partial charge is 0.490 e. The van der Waals surface area contributed by atoms with E-state index in [1.807, 2.05) is 24.6 Å². The number of aryl methyl sites for hydroxylation is 3. The smallest absolute Gasteiger partial charge is 0.478 e. The lowest BCUT2D eigenvalue weighted by atomic mass is 10.2. The van der Waals surface area contributed by atoms with Crippen LogP contribution < -0.4 is 9.62 Å². The van der Waals surface area contributed by atoms with Crippen LogP contribution in [-0.2, 0) is 27.9 Å². The second-order valence-corrected chi connectivity index (χ2v) is 10.2. The Morgan fingerprint density at radius 3 is 2.21 bits per heavy atom. The number of hydrogen-bond donors (Lipinski definition) is 3. The summed E-state index contributed by atoms with van der Waals surface area (Å²) in [5.41, 5.74) is 2.73. The van der Waals surface area contributed by atoms with Crippen LogP contribution in [0.5, 0.6) is 0 Å². The molecule has 1 aromatic carbocycles. The minimum absolute atomic E-state index is 0.0759. The maximum absolute atomic E-state index is 12.6. The summed E-state index contributed by atoms with van der Waals surface area (Å²) < 4.78 is 61.3. The van der Waals surface area contributed by atoms with Crippen molar-refractivity contribution in [3.63, 3.8) is 0 Å². The van der Waals surface area contributed by atoms with E-state index in [0.29, 0.717) is 6.54 Å². The van der Waals surface area contributed by atoms with Crippen molar-refractivity contribution < 1.29 is 41.4 Å². The third-order valence-electron chi connectivity index (χ3n) is 5.10. The van der Waals surface area contributed by atoms with Crippen molar-refractivity contribution in [2.45, 2.75) is 51.4 Å². The monoisotopic (exact) mass is 571 g/mol. The van der Waals surface area contributed by atoms with Crippen molar-refractivity contribution in [1.82, 2.24) is 14.8 Å². The first kappa shape index (κ1) is 31.1. The van der Waals surface area contributed by atoms with Gasteiger partial charge in [0.15, 0.2) is 0 Å². The average molecular weight is 572 g/mol. The summed E-state index contributed by atoms with van der Waals surface area (Å²) in [6.07, 6.45) is -2.84. The highest BCUT2D eigenvalue weighted by Crippen LogP contribution is 2.24. The van der Waals surface area contributed by atoms with Gasteiger partial charge in [0.05, 0.1) is 34.7 Å². The van der Waals surface area contributed by atoms with Crippen molar-refractivity contribution in [3.8, 4) is 0 Å². The van der Waals surface area contributed by atoms with E-state index >= 15 is 0 Å². The van der Waals surface area contributed by atoms with Gasteiger partial charge in [-0.3, -0.25) is 9.40 Å². The average Bonchev–Trinajstić information content (AvgIpc) is 3.17. The van der Waals surface area contributed by atoms with E-state index < -0.39 is 28.1 Å². The van der Waals surface area contributed by atoms with Gasteiger partial charge in [-0.1, -0.05) is 24.6 Å². The van der Waals surface area contributed by atoms with Crippen LogP contribution in [0.15, 0.2) is 47.5 Å². The Bertz CT molecular complexity index is 1420. The van der Waals surface area contributed by atoms with Crippen LogP contribution in [0.25, 0.3) is 0 Å². The van der Waals surface area contributed by atoms with Gasteiger partial charge in [-0.05, 0) is 44.5 Å². The lowest BCUT2D eigenvalue weighted by molar-refractivity contribution is -0.192. The molecule has 2 heterocycles. The number of alkyl halides is 3. The molecule has 15 heteroatoms. The summed E-state index contributed by atoms with van der Waals surface area (Å²) in [6.45, 7) is 6.99. The van der Waals surface area contributed by atoms with E-state index in [1.54, 1.807) is 24.1 Å². The molecule has 0 spiro atoms. The Morgan fingerprint density at radius 1 is 1.10 bits per heavy atom. The molecule has 0 aliphatic heterocycles. The van der Waals surface area contributed by atoms with Crippen LogP contribution in [0.2, 0.25) is 0 Å². The number of anilines is 2. The molecular formula is C24H28F3N5O6S. The van der Waals surface area contributed by atoms with Crippen molar-refractivity contribution in [2.75, 3.05) is 16.7 Å². The van der Waals surface area contributed by atoms with Gasteiger partial charge >= 0.3 is 18.1 Å². The fraction of sp³-hybridized carbons (Fsp3) is 0.333. The second-order valence-electron chi connectivity index (χ2n) is 8.48. The molecule has 0 aliphatic carbocycles. The number of nitrogens with zero attached hydrogens (tertiary/aromatic N) is 4. The van der Waals surface area contributed by atoms with Gasteiger partial charge in [0, 0.05) is 13.6 Å². The first-order valence-electron chi connectivity index (χ1n) is 11.4. The number of aromatic carboxylic acids is 1. The van der Waals surface area contributed by atoms with E-state index in [9.17, 15) is 31.5 Å². The highest BCUT2D eigenvalue weighted by Gasteiger charge is 2.38. The Hall–Kier alpha value is -4.14. The van der Waals surface area contributed by atoms with Crippen LogP contribution in [0.4, 0.5) is 24.7 Å². The molecule has 39 heavy (non-hydrogen) atoms. The predicted octanol–water partition coefficient (Wildman–Crippen LogP) is 4.07. The number of benzene rings is 1. The Labute approximate surface area is 223 Å². The maximum atomic E-state index is 12.6. The molecule has 3 rings (SSSR count). The molecular weight excluding hydrogens is 543 g/mol. The highest BCUT2D eigenvalue weighted by molar-refractivity contribution is 7.92. The minimum Gasteiger partial charge on any atom is -0.478 e. The number of halogens is 3. The zero-order chi connectivity index (χ0) is 29.5. The van der Waals surface area contributed by atoms with Crippen molar-refractivity contribution in [1.29, 1.82) is 0 Å². The van der Waals surface area contributed by atoms with Gasteiger partial charge in [0.25, 0.3) is 10.0 Å². The molecule has 0 aliphatic rings. The third kappa shape index (κ3) is 8.70. The number of carbonyl (C=O) groups is 2. The number of hydrogen-bond acceptors (Lipinski definition) is 7. The fourth-order valence-corrected chi connectivity index (χ4v) is 4.39. The van der Waals surface area contributed by atoms with Crippen LogP contribution >= 0.6 is 0 Å². The summed E-state index contributed by atoms with van der Waals surface area (Å²) in [5, 5.41) is 21.3. The van der Waals surface area contributed by atoms with Crippen molar-refractivity contribution in [2.24, 2.45) is 0 Å². The molecule has 11 nitrogen and oxygen atoms in total. The Morgan fingerprint density at radius 2 is 1.69 bits per heavy atom. The quantitative estimate of drug-likeness (QED) is 0.345. The molecule has 0 bridgehead atoms. The third-order valence-corrected chi connectivity index (χ3v) is 6.50. The number of pyridine rings is 1. The zero-order valence-electron chi connectivity index (χ0n) is 21.5. The van der Waals surface area contributed by atoms with Gasteiger partial charge in [-0.15, -0.1) is 0 Å². The lowest BCUT2D eigenvalue weighted by Gasteiger charge is -2.21. The summed E-state index contributed by atoms with van der Waals surface area (Å²) in [6, 6.07) is 9.61. The second kappa shape index (κ2) is 12.6. The number of carboxylic acid groups (broad SMARTS) is 2. The molecule has 0 fully saturated rings. The normalized spacial score (nSPS) is 11.4. The van der Waals surface area contributed by atoms with Crippen LogP contribution in [0, 0.1) is 13.8 Å². The first-order chi connectivity index (χ1) is 18.0. The zero-order valence-corrected chi connectivity index (χ0v) is 22.3. The number of aromatic nitrogens is 3. The first-order valence-corrected chi connectivity index (χ1v) is 12.9. The number of rotatable bonds is 9. The summed E-state index contributed by atoms with van der Waals surface area (Å²) in [5.74, 6) is -3.72. The van der Waals surface area contributed by atoms with Gasteiger partial charge < -0.3 is 15.1 Å². The Balaban J connectivity index is 0.000000673. The van der Waals surface area contributed by atoms with Gasteiger partial charge in [0.1, 0.15) is 11.4 Å². The van der Waals surface area contributed by atoms with E-state index in [-0.39, 0.29) is 22.0 Å². The number of carboxylic acids is 2. The van der Waals surface area contributed by atoms with Gasteiger partial charge in [-0.2, -0.15) is 18.3 Å². The van der Waals surface area contributed by atoms with Crippen LogP contribution in [-0.4, -0.2) is 58.6 Å². The number of sulfonamides is 1. The van der Waals surface area contributed by atoms with Crippen molar-refractivity contribution >= 4 is 33.5 Å². The molecule has 0 saturated heterocycles. The summed E-state index contributed by atoms with van der Waals surface area (Å²) in [7, 11) is -2.13. The van der Waals surface area contributed by atoms with Crippen molar-refractivity contribution in [3.05, 3.63) is 65.1 Å². The SMILES string of the molecule is CCCn1nc(C)cc1CN(C)c1ncc(NS(=O)(=O)c2ccc(C)cc2)cc1C(=O)O.O=C(O)C(F)(F)F. The van der Waals surface area contributed by atoms with Crippen LogP contribution in [0.3, 0.4) is 0 Å². The molecule has 212 valence electrons. The minimum atomic E-state index is -5.08. The molecule has 0 unspecified atom stereocenters. The van der Waals surface area contributed by atoms with E-state index in [1.165, 1.54) is 24.4 Å². The molecule has 2 aromatic heterocycles. The standard InChI is InChI=1S/C22H27N5O4S.C2HF3O2/c1-5-10-27-18(11-16(3)24-27)14-26(4)21-20(22(28)29)12-17(13-23-21)25-32(30,31)19-8-6-15(2)7-9-19;3-2(4,5)1(6)7/h6-9,11-13,25H,5,10,14H2,1-4H3,(H,28,29);(H,6,7). The van der Waals surface area contributed by atoms with E-state index in [4.69, 9.17) is 9.90 Å². The molecule has 3 aromatic rings. The molecule has 3 N–H and O–H groups in total. The van der Waals surface area contributed by atoms with Gasteiger partial charge in [0.2, 0.25) is 0 Å². The lowest BCUT2D eigenvalue weighted by Crippen LogP contribution is -2.23. The number of nitrogens with one attached hydrogen (secondary N) is 1. The molecule has 0 radical (unpaired) electrons. The summed E-state index contributed by atoms with van der Waals surface area (Å²) >= 11 is 0. The highest BCUT2D eigenvalue weighted by atomic mass is 32.2. The summed E-state index contributed by atoms with van der Waals surface area (Å²) in [4.78, 5) is 26.9. The Kier molecular flexibility index (Phi) is 10.0.